The van der Waals surface area contributed by atoms with Crippen molar-refractivity contribution in [3.63, 3.8) is 0 Å². The Morgan fingerprint density at radius 1 is 1.47 bits per heavy atom. The predicted molar refractivity (Wildman–Crippen MR) is 68.8 cm³/mol. The summed E-state index contributed by atoms with van der Waals surface area (Å²) < 4.78 is 0. The highest BCUT2D eigenvalue weighted by Gasteiger charge is 2.19. The molecule has 0 aliphatic carbocycles. The van der Waals surface area contributed by atoms with Crippen LogP contribution in [0.3, 0.4) is 0 Å². The second kappa shape index (κ2) is 5.05. The summed E-state index contributed by atoms with van der Waals surface area (Å²) in [6.07, 6.45) is 0.556. The Kier molecular flexibility index (Phi) is 3.96. The van der Waals surface area contributed by atoms with E-state index in [9.17, 15) is 4.79 Å². The van der Waals surface area contributed by atoms with Crippen LogP contribution in [0, 0.1) is 0 Å². The summed E-state index contributed by atoms with van der Waals surface area (Å²) in [5, 5.41) is 12.1. The highest BCUT2D eigenvalue weighted by atomic mass is 16.3. The number of hydrogen-bond donors (Lipinski definition) is 4. The number of nitrogens with one attached hydrogen (secondary N) is 1. The average Bonchev–Trinajstić information content (AvgIpc) is 2.15. The number of carbonyl (C=O) groups is 1. The van der Waals surface area contributed by atoms with Crippen molar-refractivity contribution < 1.29 is 9.90 Å². The smallest absolute Gasteiger partial charge is 0.250 e. The third-order valence-corrected chi connectivity index (χ3v) is 2.52. The number of aliphatic hydroxyl groups excluding tert-OH is 1. The van der Waals surface area contributed by atoms with Crippen molar-refractivity contribution in [2.24, 2.45) is 5.73 Å². The Hall–Kier alpha value is -1.75. The van der Waals surface area contributed by atoms with E-state index in [1.807, 2.05) is 13.8 Å². The minimum absolute atomic E-state index is 0.0637. The largest absolute Gasteiger partial charge is 0.399 e. The number of hydrogen-bond acceptors (Lipinski definition) is 4. The van der Waals surface area contributed by atoms with Crippen LogP contribution in [-0.4, -0.2) is 23.2 Å². The van der Waals surface area contributed by atoms with E-state index in [-0.39, 0.29) is 12.1 Å². The minimum atomic E-state index is -0.507. The minimum Gasteiger partial charge on any atom is -0.399 e. The fourth-order valence-electron chi connectivity index (χ4n) is 1.59. The molecule has 0 heterocycles. The molecule has 0 aliphatic rings. The first-order valence-electron chi connectivity index (χ1n) is 5.44. The summed E-state index contributed by atoms with van der Waals surface area (Å²) in [5.41, 5.74) is 12.2. The van der Waals surface area contributed by atoms with Gasteiger partial charge in [0, 0.05) is 23.5 Å². The lowest BCUT2D eigenvalue weighted by Gasteiger charge is -2.27. The molecule has 0 aromatic heterocycles. The second-order valence-electron chi connectivity index (χ2n) is 4.65. The molecule has 1 rings (SSSR count). The lowest BCUT2D eigenvalue weighted by molar-refractivity contribution is 0.100. The van der Waals surface area contributed by atoms with Crippen molar-refractivity contribution in [1.29, 1.82) is 0 Å². The van der Waals surface area contributed by atoms with Gasteiger partial charge in [0.1, 0.15) is 0 Å². The van der Waals surface area contributed by atoms with Crippen LogP contribution >= 0.6 is 0 Å². The summed E-state index contributed by atoms with van der Waals surface area (Å²) in [4.78, 5) is 11.3. The Morgan fingerprint density at radius 2 is 2.12 bits per heavy atom. The molecule has 0 aliphatic heterocycles. The molecule has 0 spiro atoms. The normalized spacial score (nSPS) is 11.2. The van der Waals surface area contributed by atoms with E-state index in [0.29, 0.717) is 23.4 Å². The van der Waals surface area contributed by atoms with Crippen LogP contribution in [0.5, 0.6) is 0 Å². The Balaban J connectivity index is 3.04. The molecule has 0 fully saturated rings. The zero-order valence-corrected chi connectivity index (χ0v) is 10.2. The lowest BCUT2D eigenvalue weighted by atomic mass is 9.99. The molecule has 6 N–H and O–H groups in total. The fraction of sp³-hybridized carbons (Fsp3) is 0.417. The zero-order valence-electron chi connectivity index (χ0n) is 10.2. The molecule has 5 nitrogen and oxygen atoms in total. The number of aliphatic hydroxyl groups is 1. The quantitative estimate of drug-likeness (QED) is 0.572. The first-order chi connectivity index (χ1) is 7.85. The molecule has 0 bridgehead atoms. The van der Waals surface area contributed by atoms with Crippen molar-refractivity contribution in [3.05, 3.63) is 23.8 Å². The fourth-order valence-corrected chi connectivity index (χ4v) is 1.59. The van der Waals surface area contributed by atoms with E-state index in [2.05, 4.69) is 5.32 Å². The number of primary amides is 1. The SMILES string of the molecule is CC(C)(CCO)Nc1cc(N)ccc1C(N)=O. The molecule has 1 aromatic rings. The molecule has 17 heavy (non-hydrogen) atoms. The van der Waals surface area contributed by atoms with Crippen LogP contribution < -0.4 is 16.8 Å². The Morgan fingerprint density at radius 3 is 2.65 bits per heavy atom. The van der Waals surface area contributed by atoms with Gasteiger partial charge in [0.25, 0.3) is 5.91 Å². The molecular weight excluding hydrogens is 218 g/mol. The van der Waals surface area contributed by atoms with Gasteiger partial charge in [-0.15, -0.1) is 0 Å². The summed E-state index contributed by atoms with van der Waals surface area (Å²) in [7, 11) is 0. The first kappa shape index (κ1) is 13.3. The van der Waals surface area contributed by atoms with Gasteiger partial charge in [-0.1, -0.05) is 0 Å². The van der Waals surface area contributed by atoms with E-state index in [0.717, 1.165) is 0 Å². The van der Waals surface area contributed by atoms with Gasteiger partial charge in [-0.2, -0.15) is 0 Å². The Labute approximate surface area is 101 Å². The zero-order chi connectivity index (χ0) is 13.1. The van der Waals surface area contributed by atoms with E-state index in [4.69, 9.17) is 16.6 Å². The highest BCUT2D eigenvalue weighted by Crippen LogP contribution is 2.24. The Bertz CT molecular complexity index is 416. The predicted octanol–water partition coefficient (Wildman–Crippen LogP) is 0.941. The van der Waals surface area contributed by atoms with Crippen molar-refractivity contribution in [1.82, 2.24) is 0 Å². The number of anilines is 2. The number of nitrogens with two attached hydrogens (primary N) is 2. The molecule has 0 atom stereocenters. The number of carbonyl (C=O) groups excluding carboxylic acids is 1. The maximum Gasteiger partial charge on any atom is 0.250 e. The molecule has 1 amide bonds. The van der Waals surface area contributed by atoms with Gasteiger partial charge in [-0.05, 0) is 38.5 Å². The van der Waals surface area contributed by atoms with E-state index >= 15 is 0 Å². The molecule has 0 saturated carbocycles. The highest BCUT2D eigenvalue weighted by molar-refractivity contribution is 5.99. The monoisotopic (exact) mass is 237 g/mol. The van der Waals surface area contributed by atoms with Crippen LogP contribution in [0.1, 0.15) is 30.6 Å². The van der Waals surface area contributed by atoms with Crippen LogP contribution in [0.15, 0.2) is 18.2 Å². The summed E-state index contributed by atoms with van der Waals surface area (Å²) in [6, 6.07) is 4.89. The lowest BCUT2D eigenvalue weighted by Crippen LogP contribution is -2.33. The van der Waals surface area contributed by atoms with Gasteiger partial charge < -0.3 is 21.9 Å². The van der Waals surface area contributed by atoms with Crippen molar-refractivity contribution in [2.45, 2.75) is 25.8 Å². The van der Waals surface area contributed by atoms with Gasteiger partial charge >= 0.3 is 0 Å². The maximum atomic E-state index is 11.3. The number of rotatable bonds is 5. The van der Waals surface area contributed by atoms with Gasteiger partial charge in [0.15, 0.2) is 0 Å². The van der Waals surface area contributed by atoms with E-state index < -0.39 is 5.91 Å². The topological polar surface area (TPSA) is 101 Å². The number of nitrogen functional groups attached to an aromatic ring is 1. The third-order valence-electron chi connectivity index (χ3n) is 2.52. The summed E-state index contributed by atoms with van der Waals surface area (Å²) >= 11 is 0. The first-order valence-corrected chi connectivity index (χ1v) is 5.44. The number of benzene rings is 1. The molecule has 0 unspecified atom stereocenters. The van der Waals surface area contributed by atoms with Gasteiger partial charge in [0.2, 0.25) is 0 Å². The van der Waals surface area contributed by atoms with E-state index in [1.54, 1.807) is 18.2 Å². The average molecular weight is 237 g/mol. The van der Waals surface area contributed by atoms with Gasteiger partial charge in [-0.3, -0.25) is 4.79 Å². The van der Waals surface area contributed by atoms with Crippen LogP contribution in [0.2, 0.25) is 0 Å². The standard InChI is InChI=1S/C12H19N3O2/c1-12(2,5-6-16)15-10-7-8(13)3-4-9(10)11(14)17/h3-4,7,15-16H,5-6,13H2,1-2H3,(H2,14,17). The van der Waals surface area contributed by atoms with Crippen LogP contribution in [0.4, 0.5) is 11.4 Å². The third kappa shape index (κ3) is 3.64. The molecule has 5 heteroatoms. The van der Waals surface area contributed by atoms with Crippen LogP contribution in [0.25, 0.3) is 0 Å². The van der Waals surface area contributed by atoms with Crippen molar-refractivity contribution in [2.75, 3.05) is 17.7 Å². The van der Waals surface area contributed by atoms with Crippen LogP contribution in [-0.2, 0) is 0 Å². The van der Waals surface area contributed by atoms with E-state index in [1.165, 1.54) is 0 Å². The molecule has 1 aromatic carbocycles. The molecular formula is C12H19N3O2. The van der Waals surface area contributed by atoms with Crippen molar-refractivity contribution in [3.8, 4) is 0 Å². The summed E-state index contributed by atoms with van der Waals surface area (Å²) in [5.74, 6) is -0.507. The molecule has 94 valence electrons. The van der Waals surface area contributed by atoms with Crippen molar-refractivity contribution >= 4 is 17.3 Å². The molecule has 0 saturated heterocycles. The number of amides is 1. The maximum absolute atomic E-state index is 11.3. The molecule has 0 radical (unpaired) electrons. The van der Waals surface area contributed by atoms with Gasteiger partial charge in [0.05, 0.1) is 5.56 Å². The van der Waals surface area contributed by atoms with Gasteiger partial charge in [-0.25, -0.2) is 0 Å². The summed E-state index contributed by atoms with van der Waals surface area (Å²) in [6.45, 7) is 3.92. The second-order valence-corrected chi connectivity index (χ2v) is 4.65.